The van der Waals surface area contributed by atoms with E-state index in [-0.39, 0.29) is 0 Å². The summed E-state index contributed by atoms with van der Waals surface area (Å²) in [5, 5.41) is 0. The van der Waals surface area contributed by atoms with Crippen molar-refractivity contribution in [1.29, 1.82) is 0 Å². The molecule has 0 aromatic rings. The fourth-order valence-electron chi connectivity index (χ4n) is 1.85. The van der Waals surface area contributed by atoms with E-state index in [0.29, 0.717) is 0 Å². The zero-order valence-corrected chi connectivity index (χ0v) is 12.2. The number of allylic oxidation sites excluding steroid dienone is 2. The van der Waals surface area contributed by atoms with Crippen LogP contribution in [0.3, 0.4) is 0 Å². The molecule has 0 bridgehead atoms. The monoisotopic (exact) mass is 237 g/mol. The van der Waals surface area contributed by atoms with Gasteiger partial charge in [0.05, 0.1) is 0 Å². The van der Waals surface area contributed by atoms with Crippen LogP contribution >= 0.6 is 0 Å². The maximum atomic E-state index is 2.53. The molecule has 0 unspecified atom stereocenters. The quantitative estimate of drug-likeness (QED) is 0.644. The summed E-state index contributed by atoms with van der Waals surface area (Å²) < 4.78 is 5.07. The van der Waals surface area contributed by atoms with Gasteiger partial charge in [-0.2, -0.15) is 0 Å². The topological polar surface area (TPSA) is 6.25 Å². The smallest absolute Gasteiger partial charge is 0.341 e. The summed E-state index contributed by atoms with van der Waals surface area (Å²) in [5.74, 6) is 0. The minimum atomic E-state index is 0.826. The predicted molar refractivity (Wildman–Crippen MR) is 71.8 cm³/mol. The predicted octanol–water partition coefficient (Wildman–Crippen LogP) is 2.81. The van der Waals surface area contributed by atoms with Crippen LogP contribution in [0.5, 0.6) is 0 Å². The van der Waals surface area contributed by atoms with Gasteiger partial charge in [0.1, 0.15) is 6.54 Å². The van der Waals surface area contributed by atoms with Crippen LogP contribution in [0.4, 0.5) is 0 Å². The Morgan fingerprint density at radius 1 is 1.19 bits per heavy atom. The first-order valence-electron chi connectivity index (χ1n) is 6.52. The van der Waals surface area contributed by atoms with E-state index >= 15 is 0 Å². The maximum absolute atomic E-state index is 2.53. The van der Waals surface area contributed by atoms with Gasteiger partial charge in [-0.3, -0.25) is 4.24 Å². The van der Waals surface area contributed by atoms with Crippen LogP contribution in [-0.2, 0) is 0 Å². The molecule has 1 heterocycles. The van der Waals surface area contributed by atoms with E-state index in [9.17, 15) is 0 Å². The lowest BCUT2D eigenvalue weighted by atomic mass is 10.3. The second-order valence-electron chi connectivity index (χ2n) is 4.54. The second-order valence-corrected chi connectivity index (χ2v) is 5.82. The fourth-order valence-corrected chi connectivity index (χ4v) is 3.10. The summed E-state index contributed by atoms with van der Waals surface area (Å²) in [6, 6.07) is 0. The minimum absolute atomic E-state index is 0.826. The Hall–Kier alpha value is -0.573. The lowest BCUT2D eigenvalue weighted by Gasteiger charge is -2.24. The van der Waals surface area contributed by atoms with Crippen molar-refractivity contribution < 1.29 is 4.24 Å². The Bertz CT molecular complexity index is 282. The molecule has 0 aromatic carbocycles. The van der Waals surface area contributed by atoms with Gasteiger partial charge in [-0.05, 0) is 13.3 Å². The van der Waals surface area contributed by atoms with Gasteiger partial charge in [-0.15, -0.1) is 0 Å². The van der Waals surface area contributed by atoms with Gasteiger partial charge in [0.25, 0.3) is 0 Å². The zero-order valence-electron chi connectivity index (χ0n) is 11.2. The Balaban J connectivity index is 2.60. The molecule has 3 heteroatoms. The van der Waals surface area contributed by atoms with Crippen LogP contribution in [0.1, 0.15) is 53.4 Å². The molecule has 0 amide bonds. The molecule has 1 rings (SSSR count). The summed E-state index contributed by atoms with van der Waals surface area (Å²) in [7, 11) is 0.826. The normalized spacial score (nSPS) is 16.8. The summed E-state index contributed by atoms with van der Waals surface area (Å²) in [5.41, 5.74) is 2.88. The molecule has 2 nitrogen and oxygen atoms in total. The standard InChI is InChI=1S/C13H25N2Si/c1-5-7-9-14-12(3)11-13(4)15(16-14)10-8-6-2/h11H,5-10H2,1-4H3/q+1. The maximum Gasteiger partial charge on any atom is 0.644 e. The highest BCUT2D eigenvalue weighted by atomic mass is 28.2. The molecule has 0 N–H and O–H groups in total. The van der Waals surface area contributed by atoms with Crippen molar-refractivity contribution in [2.75, 3.05) is 13.1 Å². The molecule has 1 aliphatic rings. The average molecular weight is 237 g/mol. The zero-order chi connectivity index (χ0) is 12.0. The Kier molecular flexibility index (Phi) is 5.81. The van der Waals surface area contributed by atoms with E-state index in [2.05, 4.69) is 42.6 Å². The van der Waals surface area contributed by atoms with Gasteiger partial charge in [-0.1, -0.05) is 26.7 Å². The number of unbranched alkanes of at least 4 members (excludes halogenated alkanes) is 2. The van der Waals surface area contributed by atoms with E-state index in [1.165, 1.54) is 50.2 Å². The van der Waals surface area contributed by atoms with Crippen LogP contribution < -0.4 is 0 Å². The summed E-state index contributed by atoms with van der Waals surface area (Å²) in [4.78, 5) is 0. The first-order chi connectivity index (χ1) is 7.69. The van der Waals surface area contributed by atoms with Crippen LogP contribution in [0, 0.1) is 0 Å². The molecule has 0 saturated carbocycles. The Labute approximate surface area is 103 Å². The highest BCUT2D eigenvalue weighted by Crippen LogP contribution is 2.09. The van der Waals surface area contributed by atoms with Crippen molar-refractivity contribution in [3.05, 3.63) is 11.8 Å². The van der Waals surface area contributed by atoms with Crippen molar-refractivity contribution in [3.8, 4) is 0 Å². The molecular weight excluding hydrogens is 212 g/mol. The van der Waals surface area contributed by atoms with Crippen molar-refractivity contribution in [1.82, 2.24) is 4.57 Å². The van der Waals surface area contributed by atoms with Gasteiger partial charge < -0.3 is 4.57 Å². The van der Waals surface area contributed by atoms with Gasteiger partial charge in [0, 0.05) is 31.7 Å². The SMILES string of the molecule is CCCCN1[Si][N+](CCCC)=C(C)C=C1C. The number of hydrogen-bond acceptors (Lipinski definition) is 1. The van der Waals surface area contributed by atoms with Crippen LogP contribution in [0.15, 0.2) is 11.8 Å². The molecule has 0 atom stereocenters. The third-order valence-corrected chi connectivity index (χ3v) is 4.62. The number of hydrogen-bond donors (Lipinski definition) is 0. The molecule has 2 radical (unpaired) electrons. The van der Waals surface area contributed by atoms with Crippen LogP contribution in [0.25, 0.3) is 0 Å². The summed E-state index contributed by atoms with van der Waals surface area (Å²) >= 11 is 0. The third kappa shape index (κ3) is 3.78. The van der Waals surface area contributed by atoms with E-state index in [4.69, 9.17) is 0 Å². The van der Waals surface area contributed by atoms with Gasteiger partial charge in [0.2, 0.25) is 0 Å². The highest BCUT2D eigenvalue weighted by Gasteiger charge is 2.26. The Morgan fingerprint density at radius 3 is 2.50 bits per heavy atom. The van der Waals surface area contributed by atoms with Gasteiger partial charge in [-0.25, -0.2) is 0 Å². The fraction of sp³-hybridized carbons (Fsp3) is 0.769. The van der Waals surface area contributed by atoms with Crippen LogP contribution in [0.2, 0.25) is 0 Å². The molecule has 0 spiro atoms. The molecule has 1 aliphatic heterocycles. The second kappa shape index (κ2) is 6.89. The third-order valence-electron chi connectivity index (χ3n) is 2.98. The van der Waals surface area contributed by atoms with Crippen molar-refractivity contribution in [3.63, 3.8) is 0 Å². The number of rotatable bonds is 6. The molecule has 0 aromatic heterocycles. The molecular formula is C13H25N2Si+. The lowest BCUT2D eigenvalue weighted by molar-refractivity contribution is -0.391. The molecule has 90 valence electrons. The van der Waals surface area contributed by atoms with E-state index in [0.717, 1.165) is 9.84 Å². The van der Waals surface area contributed by atoms with Gasteiger partial charge >= 0.3 is 9.84 Å². The highest BCUT2D eigenvalue weighted by molar-refractivity contribution is 6.25. The largest absolute Gasteiger partial charge is 0.644 e. The molecule has 0 fully saturated rings. The molecule has 16 heavy (non-hydrogen) atoms. The summed E-state index contributed by atoms with van der Waals surface area (Å²) in [6.07, 6.45) is 7.51. The van der Waals surface area contributed by atoms with Gasteiger partial charge in [0.15, 0.2) is 5.71 Å². The molecule has 0 aliphatic carbocycles. The van der Waals surface area contributed by atoms with Crippen LogP contribution in [-0.4, -0.2) is 37.5 Å². The lowest BCUT2D eigenvalue weighted by Crippen LogP contribution is -2.41. The minimum Gasteiger partial charge on any atom is -0.341 e. The van der Waals surface area contributed by atoms with E-state index in [1.54, 1.807) is 0 Å². The van der Waals surface area contributed by atoms with E-state index in [1.807, 2.05) is 0 Å². The first-order valence-corrected chi connectivity index (χ1v) is 7.41. The van der Waals surface area contributed by atoms with Crippen molar-refractivity contribution >= 4 is 15.6 Å². The summed E-state index contributed by atoms with van der Waals surface area (Å²) in [6.45, 7) is 11.4. The number of nitrogens with zero attached hydrogens (tertiary/aromatic N) is 2. The van der Waals surface area contributed by atoms with Crippen molar-refractivity contribution in [2.24, 2.45) is 0 Å². The first kappa shape index (κ1) is 13.5. The Morgan fingerprint density at radius 2 is 1.88 bits per heavy atom. The average Bonchev–Trinajstić information content (AvgIpc) is 2.26. The van der Waals surface area contributed by atoms with Crippen molar-refractivity contribution in [2.45, 2.75) is 53.4 Å². The molecule has 0 saturated heterocycles. The van der Waals surface area contributed by atoms with E-state index < -0.39 is 0 Å².